The highest BCUT2D eigenvalue weighted by Gasteiger charge is 2.14. The van der Waals surface area contributed by atoms with E-state index in [0.717, 1.165) is 22.5 Å². The van der Waals surface area contributed by atoms with E-state index >= 15 is 0 Å². The summed E-state index contributed by atoms with van der Waals surface area (Å²) in [6.07, 6.45) is 1.63. The van der Waals surface area contributed by atoms with E-state index in [1.54, 1.807) is 10.9 Å². The summed E-state index contributed by atoms with van der Waals surface area (Å²) in [5, 5.41) is 4.32. The normalized spacial score (nSPS) is 10.7. The van der Waals surface area contributed by atoms with Crippen LogP contribution in [0.1, 0.15) is 11.3 Å². The van der Waals surface area contributed by atoms with Crippen molar-refractivity contribution in [2.45, 2.75) is 13.8 Å². The number of rotatable bonds is 1. The summed E-state index contributed by atoms with van der Waals surface area (Å²) < 4.78 is 1.77. The molecule has 0 atom stereocenters. The predicted molar refractivity (Wildman–Crippen MR) is 62.5 cm³/mol. The van der Waals surface area contributed by atoms with Crippen LogP contribution in [-0.4, -0.2) is 19.7 Å². The molecule has 2 aromatic heterocycles. The van der Waals surface area contributed by atoms with Crippen molar-refractivity contribution in [2.75, 3.05) is 11.5 Å². The first kappa shape index (κ1) is 10.4. The van der Waals surface area contributed by atoms with Crippen molar-refractivity contribution in [1.29, 1.82) is 0 Å². The minimum Gasteiger partial charge on any atom is -0.383 e. The third-order valence-electron chi connectivity index (χ3n) is 2.61. The topological polar surface area (TPSA) is 95.6 Å². The first-order valence-corrected chi connectivity index (χ1v) is 4.89. The Morgan fingerprint density at radius 1 is 1.25 bits per heavy atom. The fourth-order valence-corrected chi connectivity index (χ4v) is 1.73. The zero-order valence-corrected chi connectivity index (χ0v) is 9.52. The molecule has 0 fully saturated rings. The number of aryl methyl sites for hydroxylation is 2. The van der Waals surface area contributed by atoms with Gasteiger partial charge in [0, 0.05) is 13.2 Å². The molecule has 2 rings (SSSR count). The van der Waals surface area contributed by atoms with Crippen molar-refractivity contribution < 1.29 is 0 Å². The van der Waals surface area contributed by atoms with Crippen LogP contribution in [0.4, 0.5) is 11.8 Å². The number of nitrogens with zero attached hydrogens (tertiary/aromatic N) is 4. The second-order valence-corrected chi connectivity index (χ2v) is 3.71. The van der Waals surface area contributed by atoms with Crippen molar-refractivity contribution in [1.82, 2.24) is 19.7 Å². The van der Waals surface area contributed by atoms with E-state index in [4.69, 9.17) is 11.5 Å². The first-order chi connectivity index (χ1) is 7.50. The van der Waals surface area contributed by atoms with E-state index in [1.807, 2.05) is 20.9 Å². The Morgan fingerprint density at radius 2 is 1.94 bits per heavy atom. The SMILES string of the molecule is Cc1nn(C)c(-c2cnc(N)nc2N)c1C. The minimum absolute atomic E-state index is 0.179. The van der Waals surface area contributed by atoms with E-state index in [9.17, 15) is 0 Å². The summed E-state index contributed by atoms with van der Waals surface area (Å²) in [6.45, 7) is 3.95. The average molecular weight is 218 g/mol. The third kappa shape index (κ3) is 1.48. The quantitative estimate of drug-likeness (QED) is 0.733. The van der Waals surface area contributed by atoms with Gasteiger partial charge in [-0.1, -0.05) is 0 Å². The summed E-state index contributed by atoms with van der Waals surface area (Å²) in [7, 11) is 1.87. The summed E-state index contributed by atoms with van der Waals surface area (Å²) >= 11 is 0. The molecule has 6 nitrogen and oxygen atoms in total. The molecule has 0 spiro atoms. The summed E-state index contributed by atoms with van der Waals surface area (Å²) in [5.41, 5.74) is 15.0. The van der Waals surface area contributed by atoms with Gasteiger partial charge in [0.2, 0.25) is 5.95 Å². The van der Waals surface area contributed by atoms with Crippen molar-refractivity contribution in [3.05, 3.63) is 17.5 Å². The van der Waals surface area contributed by atoms with Crippen LogP contribution >= 0.6 is 0 Å². The van der Waals surface area contributed by atoms with Gasteiger partial charge in [-0.05, 0) is 19.4 Å². The molecule has 0 aliphatic rings. The van der Waals surface area contributed by atoms with Crippen LogP contribution in [-0.2, 0) is 7.05 Å². The van der Waals surface area contributed by atoms with Crippen LogP contribution in [0.25, 0.3) is 11.3 Å². The van der Waals surface area contributed by atoms with E-state index in [2.05, 4.69) is 15.1 Å². The highest BCUT2D eigenvalue weighted by Crippen LogP contribution is 2.28. The van der Waals surface area contributed by atoms with Gasteiger partial charge < -0.3 is 11.5 Å². The van der Waals surface area contributed by atoms with Gasteiger partial charge in [-0.2, -0.15) is 10.1 Å². The molecule has 0 aliphatic heterocycles. The smallest absolute Gasteiger partial charge is 0.221 e. The summed E-state index contributed by atoms with van der Waals surface area (Å²) in [4.78, 5) is 7.90. The Bertz CT molecular complexity index is 542. The molecule has 0 aliphatic carbocycles. The zero-order valence-electron chi connectivity index (χ0n) is 9.52. The van der Waals surface area contributed by atoms with E-state index in [1.165, 1.54) is 0 Å². The molecule has 0 aromatic carbocycles. The fraction of sp³-hybridized carbons (Fsp3) is 0.300. The lowest BCUT2D eigenvalue weighted by molar-refractivity contribution is 0.763. The number of aromatic nitrogens is 4. The van der Waals surface area contributed by atoms with Gasteiger partial charge in [0.25, 0.3) is 0 Å². The second-order valence-electron chi connectivity index (χ2n) is 3.71. The number of nitrogens with two attached hydrogens (primary N) is 2. The molecule has 2 aromatic rings. The maximum atomic E-state index is 5.83. The number of nitrogen functional groups attached to an aromatic ring is 2. The average Bonchev–Trinajstić information content (AvgIpc) is 2.43. The van der Waals surface area contributed by atoms with Crippen LogP contribution in [0.2, 0.25) is 0 Å². The second kappa shape index (κ2) is 3.48. The van der Waals surface area contributed by atoms with Gasteiger partial charge >= 0.3 is 0 Å². The molecule has 84 valence electrons. The molecule has 16 heavy (non-hydrogen) atoms. The Labute approximate surface area is 93.3 Å². The van der Waals surface area contributed by atoms with Gasteiger partial charge in [0.15, 0.2) is 0 Å². The highest BCUT2D eigenvalue weighted by atomic mass is 15.3. The predicted octanol–water partition coefficient (Wildman–Crippen LogP) is 0.658. The van der Waals surface area contributed by atoms with Crippen LogP contribution < -0.4 is 11.5 Å². The lowest BCUT2D eigenvalue weighted by Crippen LogP contribution is -2.04. The monoisotopic (exact) mass is 218 g/mol. The molecule has 0 radical (unpaired) electrons. The van der Waals surface area contributed by atoms with Crippen LogP contribution in [0.3, 0.4) is 0 Å². The molecule has 0 bridgehead atoms. The van der Waals surface area contributed by atoms with Crippen molar-refractivity contribution >= 4 is 11.8 Å². The lowest BCUT2D eigenvalue weighted by Gasteiger charge is -2.06. The summed E-state index contributed by atoms with van der Waals surface area (Å²) in [5.74, 6) is 0.552. The third-order valence-corrected chi connectivity index (χ3v) is 2.61. The number of hydrogen-bond acceptors (Lipinski definition) is 5. The molecule has 2 heterocycles. The van der Waals surface area contributed by atoms with Gasteiger partial charge in [0.05, 0.1) is 17.0 Å². The van der Waals surface area contributed by atoms with Crippen LogP contribution in [0, 0.1) is 13.8 Å². The first-order valence-electron chi connectivity index (χ1n) is 4.89. The van der Waals surface area contributed by atoms with E-state index in [0.29, 0.717) is 5.82 Å². The number of hydrogen-bond donors (Lipinski definition) is 2. The molecular weight excluding hydrogens is 204 g/mol. The van der Waals surface area contributed by atoms with Crippen molar-refractivity contribution in [3.63, 3.8) is 0 Å². The Morgan fingerprint density at radius 3 is 2.44 bits per heavy atom. The lowest BCUT2D eigenvalue weighted by atomic mass is 10.1. The minimum atomic E-state index is 0.179. The van der Waals surface area contributed by atoms with Gasteiger partial charge in [-0.3, -0.25) is 4.68 Å². The Hall–Kier alpha value is -2.11. The highest BCUT2D eigenvalue weighted by molar-refractivity contribution is 5.73. The molecule has 0 saturated carbocycles. The fourth-order valence-electron chi connectivity index (χ4n) is 1.73. The molecule has 0 amide bonds. The van der Waals surface area contributed by atoms with Gasteiger partial charge in [-0.15, -0.1) is 0 Å². The van der Waals surface area contributed by atoms with Gasteiger partial charge in [0.1, 0.15) is 5.82 Å². The van der Waals surface area contributed by atoms with E-state index < -0.39 is 0 Å². The zero-order chi connectivity index (χ0) is 11.9. The Balaban J connectivity index is 2.67. The van der Waals surface area contributed by atoms with Crippen molar-refractivity contribution in [3.8, 4) is 11.3 Å². The molecular formula is C10H14N6. The molecule has 0 saturated heterocycles. The molecule has 4 N–H and O–H groups in total. The Kier molecular flexibility index (Phi) is 2.26. The number of anilines is 2. The van der Waals surface area contributed by atoms with E-state index in [-0.39, 0.29) is 5.95 Å². The largest absolute Gasteiger partial charge is 0.383 e. The molecule has 6 heteroatoms. The van der Waals surface area contributed by atoms with Gasteiger partial charge in [-0.25, -0.2) is 4.98 Å². The maximum absolute atomic E-state index is 5.83. The van der Waals surface area contributed by atoms with Crippen LogP contribution in [0.15, 0.2) is 6.20 Å². The summed E-state index contributed by atoms with van der Waals surface area (Å²) in [6, 6.07) is 0. The standard InChI is InChI=1S/C10H14N6/c1-5-6(2)15-16(3)8(5)7-4-13-10(12)14-9(7)11/h4H,1-3H3,(H4,11,12,13,14). The maximum Gasteiger partial charge on any atom is 0.221 e. The van der Waals surface area contributed by atoms with Crippen molar-refractivity contribution in [2.24, 2.45) is 7.05 Å². The van der Waals surface area contributed by atoms with Crippen LogP contribution in [0.5, 0.6) is 0 Å². The molecule has 0 unspecified atom stereocenters.